The van der Waals surface area contributed by atoms with E-state index in [0.717, 1.165) is 35.1 Å². The van der Waals surface area contributed by atoms with E-state index in [-0.39, 0.29) is 6.10 Å². The van der Waals surface area contributed by atoms with Gasteiger partial charge in [-0.25, -0.2) is 4.98 Å². The fraction of sp³-hybridized carbons (Fsp3) is 0.233. The molecule has 0 bridgehead atoms. The number of nitrogens with zero attached hydrogens (tertiary/aromatic N) is 1. The van der Waals surface area contributed by atoms with Gasteiger partial charge in [-0.3, -0.25) is 0 Å². The van der Waals surface area contributed by atoms with Crippen molar-refractivity contribution in [2.24, 2.45) is 0 Å². The fourth-order valence-electron chi connectivity index (χ4n) is 4.84. The predicted molar refractivity (Wildman–Crippen MR) is 148 cm³/mol. The van der Waals surface area contributed by atoms with Gasteiger partial charge in [-0.1, -0.05) is 84.6 Å². The average Bonchev–Trinajstić information content (AvgIpc) is 3.34. The Bertz CT molecular complexity index is 1400. The lowest BCUT2D eigenvalue weighted by atomic mass is 9.87. The minimum atomic E-state index is 0.179. The minimum Gasteiger partial charge on any atom is -0.372 e. The molecule has 1 fully saturated rings. The highest BCUT2D eigenvalue weighted by Gasteiger charge is 2.27. The molecule has 4 aromatic carbocycles. The number of piperidine rings is 1. The summed E-state index contributed by atoms with van der Waals surface area (Å²) in [5.41, 5.74) is 5.04. The Hall–Kier alpha value is -2.70. The smallest absolute Gasteiger partial charge is 0.151 e. The Balaban J connectivity index is 1.09. The van der Waals surface area contributed by atoms with Gasteiger partial charge in [0.1, 0.15) is 0 Å². The molecule has 176 valence electrons. The summed E-state index contributed by atoms with van der Waals surface area (Å²) in [7, 11) is 0. The number of nitrogens with one attached hydrogen (secondary N) is 1. The van der Waals surface area contributed by atoms with Gasteiger partial charge < -0.3 is 10.1 Å². The summed E-state index contributed by atoms with van der Waals surface area (Å²) in [5, 5.41) is 6.07. The Morgan fingerprint density at radius 2 is 1.69 bits per heavy atom. The molecular formula is C30H28N2OS2. The highest BCUT2D eigenvalue weighted by atomic mass is 32.2. The van der Waals surface area contributed by atoms with Gasteiger partial charge in [0.15, 0.2) is 4.34 Å². The lowest BCUT2D eigenvalue weighted by Gasteiger charge is -2.32. The molecular weight excluding hydrogens is 468 g/mol. The second-order valence-corrected chi connectivity index (χ2v) is 11.4. The third kappa shape index (κ3) is 5.29. The molecule has 2 unspecified atom stereocenters. The molecule has 0 spiro atoms. The van der Waals surface area contributed by atoms with Gasteiger partial charge in [-0.05, 0) is 58.6 Å². The summed E-state index contributed by atoms with van der Waals surface area (Å²) >= 11 is 3.60. The van der Waals surface area contributed by atoms with Gasteiger partial charge in [0, 0.05) is 18.2 Å². The van der Waals surface area contributed by atoms with Crippen LogP contribution in [0.1, 0.15) is 29.0 Å². The molecule has 35 heavy (non-hydrogen) atoms. The highest BCUT2D eigenvalue weighted by molar-refractivity contribution is 8.00. The first-order chi connectivity index (χ1) is 17.3. The third-order valence-corrected chi connectivity index (χ3v) is 9.00. The van der Waals surface area contributed by atoms with Crippen molar-refractivity contribution in [1.29, 1.82) is 0 Å². The summed E-state index contributed by atoms with van der Waals surface area (Å²) in [6.45, 7) is 2.58. The molecule has 2 heterocycles. The first-order valence-electron chi connectivity index (χ1n) is 12.2. The molecule has 0 amide bonds. The predicted octanol–water partition coefficient (Wildman–Crippen LogP) is 7.40. The monoisotopic (exact) mass is 496 g/mol. The van der Waals surface area contributed by atoms with Crippen LogP contribution in [0.4, 0.5) is 0 Å². The topological polar surface area (TPSA) is 34.1 Å². The second-order valence-electron chi connectivity index (χ2n) is 9.11. The molecule has 0 saturated carbocycles. The zero-order valence-corrected chi connectivity index (χ0v) is 21.2. The average molecular weight is 497 g/mol. The van der Waals surface area contributed by atoms with E-state index >= 15 is 0 Å². The summed E-state index contributed by atoms with van der Waals surface area (Å²) in [4.78, 5) is 4.75. The lowest BCUT2D eigenvalue weighted by Crippen LogP contribution is -2.40. The molecule has 1 aromatic heterocycles. The molecule has 1 aliphatic heterocycles. The highest BCUT2D eigenvalue weighted by Crippen LogP contribution is 2.33. The summed E-state index contributed by atoms with van der Waals surface area (Å²) in [6, 6.07) is 32.6. The molecule has 0 radical (unpaired) electrons. The van der Waals surface area contributed by atoms with Crippen LogP contribution < -0.4 is 5.32 Å². The molecule has 0 aliphatic carbocycles. The number of hydrogen-bond donors (Lipinski definition) is 1. The van der Waals surface area contributed by atoms with E-state index in [9.17, 15) is 0 Å². The molecule has 1 N–H and O–H groups in total. The first kappa shape index (κ1) is 22.7. The van der Waals surface area contributed by atoms with Crippen molar-refractivity contribution in [3.63, 3.8) is 0 Å². The fourth-order valence-corrected chi connectivity index (χ4v) is 6.86. The minimum absolute atomic E-state index is 0.179. The lowest BCUT2D eigenvalue weighted by molar-refractivity contribution is 0.0106. The maximum atomic E-state index is 6.48. The maximum absolute atomic E-state index is 6.48. The number of rotatable bonds is 7. The van der Waals surface area contributed by atoms with Crippen LogP contribution in [0.5, 0.6) is 0 Å². The molecule has 5 aromatic rings. The first-order valence-corrected chi connectivity index (χ1v) is 14.0. The Morgan fingerprint density at radius 1 is 0.886 bits per heavy atom. The molecule has 6 rings (SSSR count). The zero-order valence-electron chi connectivity index (χ0n) is 19.5. The largest absolute Gasteiger partial charge is 0.372 e. The van der Waals surface area contributed by atoms with Crippen LogP contribution in [0.25, 0.3) is 21.0 Å². The summed E-state index contributed by atoms with van der Waals surface area (Å²) < 4.78 is 8.87. The zero-order chi connectivity index (χ0) is 23.5. The van der Waals surface area contributed by atoms with Crippen LogP contribution in [-0.2, 0) is 17.1 Å². The number of thioether (sulfide) groups is 1. The molecule has 1 saturated heterocycles. The van der Waals surface area contributed by atoms with Crippen molar-refractivity contribution >= 4 is 44.1 Å². The molecule has 2 atom stereocenters. The summed E-state index contributed by atoms with van der Waals surface area (Å²) in [6.07, 6.45) is 1.28. The Kier molecular flexibility index (Phi) is 6.83. The van der Waals surface area contributed by atoms with Gasteiger partial charge in [0.25, 0.3) is 0 Å². The van der Waals surface area contributed by atoms with Crippen LogP contribution in [0.15, 0.2) is 95.3 Å². The van der Waals surface area contributed by atoms with E-state index in [4.69, 9.17) is 9.72 Å². The quantitative estimate of drug-likeness (QED) is 0.238. The Morgan fingerprint density at radius 3 is 2.57 bits per heavy atom. The Labute approximate surface area is 214 Å². The number of hydrogen-bond acceptors (Lipinski definition) is 5. The van der Waals surface area contributed by atoms with E-state index in [1.807, 2.05) is 11.8 Å². The SMILES string of the molecule is c1ccc2cc(COC3CNCCC3c3ccc(CSc4nc5ccccc5s4)cc3)ccc2c1. The molecule has 1 aliphatic rings. The number of aromatic nitrogens is 1. The van der Waals surface area contributed by atoms with E-state index in [1.54, 1.807) is 11.3 Å². The van der Waals surface area contributed by atoms with Crippen molar-refractivity contribution in [1.82, 2.24) is 10.3 Å². The van der Waals surface area contributed by atoms with Crippen molar-refractivity contribution < 1.29 is 4.74 Å². The van der Waals surface area contributed by atoms with Crippen LogP contribution in [0, 0.1) is 0 Å². The van der Waals surface area contributed by atoms with Crippen molar-refractivity contribution in [3.05, 3.63) is 108 Å². The van der Waals surface area contributed by atoms with Gasteiger partial charge in [-0.15, -0.1) is 11.3 Å². The van der Waals surface area contributed by atoms with Gasteiger partial charge in [0.05, 0.1) is 22.9 Å². The van der Waals surface area contributed by atoms with Crippen LogP contribution in [0.2, 0.25) is 0 Å². The van der Waals surface area contributed by atoms with Crippen LogP contribution in [-0.4, -0.2) is 24.2 Å². The second kappa shape index (κ2) is 10.5. The maximum Gasteiger partial charge on any atom is 0.151 e. The number of para-hydroxylation sites is 1. The van der Waals surface area contributed by atoms with Gasteiger partial charge in [-0.2, -0.15) is 0 Å². The number of benzene rings is 4. The summed E-state index contributed by atoms with van der Waals surface area (Å²) in [5.74, 6) is 1.36. The van der Waals surface area contributed by atoms with E-state index < -0.39 is 0 Å². The number of thiazole rings is 1. The van der Waals surface area contributed by atoms with Crippen molar-refractivity contribution in [2.75, 3.05) is 13.1 Å². The molecule has 5 heteroatoms. The van der Waals surface area contributed by atoms with Crippen LogP contribution >= 0.6 is 23.1 Å². The third-order valence-electron chi connectivity index (χ3n) is 6.75. The van der Waals surface area contributed by atoms with E-state index in [2.05, 4.69) is 96.3 Å². The number of fused-ring (bicyclic) bond motifs is 2. The van der Waals surface area contributed by atoms with Crippen molar-refractivity contribution in [3.8, 4) is 0 Å². The normalized spacial score (nSPS) is 18.3. The standard InChI is InChI=1S/C30H28N2OS2/c1-2-6-25-17-22(11-12-23(25)5-1)19-33-28-18-31-16-15-26(28)24-13-9-21(10-14-24)20-34-30-32-27-7-3-4-8-29(27)35-30/h1-14,17,26,28,31H,15-16,18-20H2. The molecule has 3 nitrogen and oxygen atoms in total. The van der Waals surface area contributed by atoms with Crippen molar-refractivity contribution in [2.45, 2.75) is 35.1 Å². The van der Waals surface area contributed by atoms with Crippen LogP contribution in [0.3, 0.4) is 0 Å². The van der Waals surface area contributed by atoms with E-state index in [0.29, 0.717) is 12.5 Å². The van der Waals surface area contributed by atoms with E-state index in [1.165, 1.54) is 32.2 Å². The van der Waals surface area contributed by atoms with Gasteiger partial charge in [0.2, 0.25) is 0 Å². The number of ether oxygens (including phenoxy) is 1. The van der Waals surface area contributed by atoms with Gasteiger partial charge >= 0.3 is 0 Å².